The van der Waals surface area contributed by atoms with Crippen LogP contribution in [-0.2, 0) is 19.1 Å². The SMILES string of the molecule is COC(=O)N[C@@H](C(=O)N1CCC[C@@H]1c1ncc(-c2ccc3cc(-c4ccc(-c5ccc6nc([C@H]7[C@@H]8CC[C@@H](C8)N7C(=O)[C@H](NC(=O)OC)C(C)C)[nH]c6c5)cc4)ccc3c2)[nH]1)C(C)C. The van der Waals surface area contributed by atoms with E-state index in [4.69, 9.17) is 19.4 Å². The summed E-state index contributed by atoms with van der Waals surface area (Å²) in [5.41, 5.74) is 8.01. The molecule has 2 bridgehead atoms. The molecule has 3 fully saturated rings. The van der Waals surface area contributed by atoms with Crippen molar-refractivity contribution in [2.45, 2.75) is 90.0 Å². The molecule has 64 heavy (non-hydrogen) atoms. The molecule has 4 amide bonds. The highest BCUT2D eigenvalue weighted by Gasteiger charge is 2.51. The molecule has 0 spiro atoms. The van der Waals surface area contributed by atoms with Crippen molar-refractivity contribution in [1.29, 1.82) is 0 Å². The molecule has 3 aliphatic rings. The Kier molecular flexibility index (Phi) is 11.6. The molecular formula is C50H56N8O6. The molecule has 9 rings (SSSR count). The van der Waals surface area contributed by atoms with E-state index in [1.807, 2.05) is 49.8 Å². The minimum atomic E-state index is -0.688. The molecule has 6 atom stereocenters. The molecule has 2 aromatic heterocycles. The number of aromatic amines is 2. The maximum atomic E-state index is 14.0. The minimum Gasteiger partial charge on any atom is -0.453 e. The van der Waals surface area contributed by atoms with Crippen LogP contribution < -0.4 is 10.6 Å². The van der Waals surface area contributed by atoms with Gasteiger partial charge in [-0.3, -0.25) is 9.59 Å². The first-order valence-corrected chi connectivity index (χ1v) is 22.4. The number of amides is 4. The summed E-state index contributed by atoms with van der Waals surface area (Å²) in [7, 11) is 2.61. The molecule has 0 unspecified atom stereocenters. The fourth-order valence-electron chi connectivity index (χ4n) is 10.2. The van der Waals surface area contributed by atoms with Crippen LogP contribution in [0.3, 0.4) is 0 Å². The van der Waals surface area contributed by atoms with Gasteiger partial charge in [0.15, 0.2) is 0 Å². The number of nitrogens with one attached hydrogen (secondary N) is 4. The molecule has 1 aliphatic carbocycles. The van der Waals surface area contributed by atoms with Crippen molar-refractivity contribution in [3.8, 4) is 33.5 Å². The third kappa shape index (κ3) is 8.05. The van der Waals surface area contributed by atoms with Crippen molar-refractivity contribution in [2.75, 3.05) is 20.8 Å². The van der Waals surface area contributed by atoms with Crippen LogP contribution in [0, 0.1) is 17.8 Å². The number of likely N-dealkylation sites (tertiary alicyclic amines) is 2. The number of hydrogen-bond acceptors (Lipinski definition) is 8. The van der Waals surface area contributed by atoms with Gasteiger partial charge in [-0.1, -0.05) is 82.3 Å². The molecule has 0 radical (unpaired) electrons. The average Bonchev–Trinajstić information content (AvgIpc) is 4.17. The van der Waals surface area contributed by atoms with E-state index in [1.165, 1.54) is 14.2 Å². The average molecular weight is 865 g/mol. The normalized spacial score (nSPS) is 20.3. The number of piperidine rings is 1. The van der Waals surface area contributed by atoms with E-state index in [-0.39, 0.29) is 41.8 Å². The fraction of sp³-hybridized carbons (Fsp3) is 0.400. The van der Waals surface area contributed by atoms with Crippen molar-refractivity contribution in [1.82, 2.24) is 40.4 Å². The lowest BCUT2D eigenvalue weighted by molar-refractivity contribution is -0.139. The molecule has 4 heterocycles. The first-order chi connectivity index (χ1) is 30.9. The summed E-state index contributed by atoms with van der Waals surface area (Å²) in [6.07, 6.45) is 5.17. The summed E-state index contributed by atoms with van der Waals surface area (Å²) in [5, 5.41) is 7.70. The number of ether oxygens (including phenoxy) is 2. The third-order valence-electron chi connectivity index (χ3n) is 13.6. The minimum absolute atomic E-state index is 0.0877. The molecule has 2 aliphatic heterocycles. The van der Waals surface area contributed by atoms with E-state index in [0.29, 0.717) is 12.5 Å². The second-order valence-electron chi connectivity index (χ2n) is 18.2. The van der Waals surface area contributed by atoms with Gasteiger partial charge in [0, 0.05) is 18.2 Å². The van der Waals surface area contributed by atoms with Crippen LogP contribution in [0.1, 0.15) is 83.5 Å². The smallest absolute Gasteiger partial charge is 0.407 e. The van der Waals surface area contributed by atoms with Gasteiger partial charge in [0.25, 0.3) is 0 Å². The van der Waals surface area contributed by atoms with Gasteiger partial charge in [-0.2, -0.15) is 0 Å². The Morgan fingerprint density at radius 2 is 1.28 bits per heavy atom. The number of aromatic nitrogens is 4. The Labute approximate surface area is 372 Å². The highest BCUT2D eigenvalue weighted by Crippen LogP contribution is 2.50. The number of nitrogens with zero attached hydrogens (tertiary/aromatic N) is 4. The van der Waals surface area contributed by atoms with Crippen LogP contribution in [-0.4, -0.2) is 92.6 Å². The summed E-state index contributed by atoms with van der Waals surface area (Å²) >= 11 is 0. The number of carbonyl (C=O) groups is 4. The zero-order valence-corrected chi connectivity index (χ0v) is 37.2. The highest BCUT2D eigenvalue weighted by molar-refractivity contribution is 5.91. The highest BCUT2D eigenvalue weighted by atomic mass is 16.5. The van der Waals surface area contributed by atoms with Crippen LogP contribution in [0.2, 0.25) is 0 Å². The quantitative estimate of drug-likeness (QED) is 0.0999. The Balaban J connectivity index is 0.892. The largest absolute Gasteiger partial charge is 0.453 e. The van der Waals surface area contributed by atoms with Gasteiger partial charge in [-0.05, 0) is 107 Å². The summed E-state index contributed by atoms with van der Waals surface area (Å²) in [5.74, 6) is 1.41. The number of hydrogen-bond donors (Lipinski definition) is 4. The van der Waals surface area contributed by atoms with Crippen LogP contribution in [0.25, 0.3) is 55.3 Å². The number of carbonyl (C=O) groups excluding carboxylic acids is 4. The summed E-state index contributed by atoms with van der Waals surface area (Å²) in [6.45, 7) is 8.28. The maximum Gasteiger partial charge on any atom is 0.407 e. The zero-order chi connectivity index (χ0) is 44.8. The van der Waals surface area contributed by atoms with E-state index in [2.05, 4.69) is 93.4 Å². The fourth-order valence-corrected chi connectivity index (χ4v) is 10.2. The molecule has 4 N–H and O–H groups in total. The van der Waals surface area contributed by atoms with Gasteiger partial charge in [0.2, 0.25) is 11.8 Å². The van der Waals surface area contributed by atoms with Gasteiger partial charge < -0.3 is 39.9 Å². The van der Waals surface area contributed by atoms with Gasteiger partial charge >= 0.3 is 12.2 Å². The second kappa shape index (κ2) is 17.5. The molecule has 2 saturated heterocycles. The van der Waals surface area contributed by atoms with Crippen molar-refractivity contribution in [3.05, 3.63) is 96.7 Å². The second-order valence-corrected chi connectivity index (χ2v) is 18.2. The number of alkyl carbamates (subject to hydrolysis) is 2. The first kappa shape index (κ1) is 42.6. The van der Waals surface area contributed by atoms with Gasteiger partial charge in [-0.25, -0.2) is 19.6 Å². The number of imidazole rings is 2. The Hall–Kier alpha value is -6.70. The van der Waals surface area contributed by atoms with Crippen molar-refractivity contribution < 1.29 is 28.7 Å². The standard InChI is InChI=1S/C50H56N8O6/c1-27(2)42(55-49(61)63-5)47(59)57-21-7-8-41(57)45-51-26-40(54-45)35-16-15-32-22-31(13-14-33(32)23-35)29-9-11-30(12-10-29)34-18-20-38-39(25-34)53-46(52-38)44-36-17-19-37(24-36)58(44)48(60)43(28(3)4)56-50(62)64-6/h9-16,18,20,22-23,25-28,36-37,41-44H,7-8,17,19,21,24H2,1-6H3,(H,51,54)(H,52,53)(H,55,61)(H,56,62)/t36-,37+,41-,42-,43-,44-/m1/s1. The van der Waals surface area contributed by atoms with E-state index in [1.54, 1.807) is 0 Å². The van der Waals surface area contributed by atoms with Gasteiger partial charge in [0.1, 0.15) is 23.7 Å². The molecule has 6 aromatic rings. The summed E-state index contributed by atoms with van der Waals surface area (Å²) in [6, 6.07) is 26.1. The Bertz CT molecular complexity index is 2720. The lowest BCUT2D eigenvalue weighted by Crippen LogP contribution is -2.54. The number of methoxy groups -OCH3 is 2. The molecular weight excluding hydrogens is 809 g/mol. The predicted octanol–water partition coefficient (Wildman–Crippen LogP) is 8.92. The number of rotatable bonds is 11. The summed E-state index contributed by atoms with van der Waals surface area (Å²) < 4.78 is 9.62. The van der Waals surface area contributed by atoms with Crippen molar-refractivity contribution in [3.63, 3.8) is 0 Å². The molecule has 14 nitrogen and oxygen atoms in total. The lowest BCUT2D eigenvalue weighted by Gasteiger charge is -2.37. The van der Waals surface area contributed by atoms with Crippen molar-refractivity contribution >= 4 is 45.8 Å². The Morgan fingerprint density at radius 1 is 0.688 bits per heavy atom. The molecule has 4 aromatic carbocycles. The number of benzene rings is 4. The van der Waals surface area contributed by atoms with Gasteiger partial charge in [0.05, 0.1) is 49.2 Å². The van der Waals surface area contributed by atoms with Gasteiger partial charge in [-0.15, -0.1) is 0 Å². The predicted molar refractivity (Wildman–Crippen MR) is 245 cm³/mol. The number of fused-ring (bicyclic) bond motifs is 4. The first-order valence-electron chi connectivity index (χ1n) is 22.4. The maximum absolute atomic E-state index is 14.0. The molecule has 332 valence electrons. The molecule has 1 saturated carbocycles. The van der Waals surface area contributed by atoms with E-state index < -0.39 is 24.3 Å². The molecule has 14 heteroatoms. The summed E-state index contributed by atoms with van der Waals surface area (Å²) in [4.78, 5) is 72.5. The van der Waals surface area contributed by atoms with Crippen LogP contribution in [0.15, 0.2) is 85.1 Å². The topological polar surface area (TPSA) is 175 Å². The lowest BCUT2D eigenvalue weighted by atomic mass is 9.95. The van der Waals surface area contributed by atoms with E-state index in [0.717, 1.165) is 99.1 Å². The van der Waals surface area contributed by atoms with Crippen LogP contribution in [0.4, 0.5) is 9.59 Å². The van der Waals surface area contributed by atoms with Crippen molar-refractivity contribution in [2.24, 2.45) is 17.8 Å². The zero-order valence-electron chi connectivity index (χ0n) is 37.2. The third-order valence-corrected chi connectivity index (χ3v) is 13.6. The van der Waals surface area contributed by atoms with E-state index in [9.17, 15) is 19.2 Å². The van der Waals surface area contributed by atoms with E-state index >= 15 is 0 Å². The number of H-pyrrole nitrogens is 2. The van der Waals surface area contributed by atoms with Crippen LogP contribution in [0.5, 0.6) is 0 Å². The monoisotopic (exact) mass is 864 g/mol. The van der Waals surface area contributed by atoms with Crippen LogP contribution >= 0.6 is 0 Å². The Morgan fingerprint density at radius 3 is 1.94 bits per heavy atom.